The molecule has 0 bridgehead atoms. The molecule has 0 aliphatic heterocycles. The summed E-state index contributed by atoms with van der Waals surface area (Å²) in [6.07, 6.45) is 3.57. The van der Waals surface area contributed by atoms with E-state index in [1.54, 1.807) is 21.8 Å². The molecule has 0 unspecified atom stereocenters. The predicted molar refractivity (Wildman–Crippen MR) is 124 cm³/mol. The van der Waals surface area contributed by atoms with Crippen molar-refractivity contribution in [3.63, 3.8) is 0 Å². The molecule has 0 fully saturated rings. The third-order valence-corrected chi connectivity index (χ3v) is 7.15. The number of aromatic nitrogens is 6. The van der Waals surface area contributed by atoms with Crippen LogP contribution in [0.15, 0.2) is 57.5 Å². The quantitative estimate of drug-likeness (QED) is 0.418. The van der Waals surface area contributed by atoms with E-state index < -0.39 is 21.1 Å². The Kier molecular flexibility index (Phi) is 6.07. The molecular weight excluding hydrogens is 444 g/mol. The van der Waals surface area contributed by atoms with Crippen LogP contribution in [0, 0.1) is 0 Å². The first-order chi connectivity index (χ1) is 15.7. The summed E-state index contributed by atoms with van der Waals surface area (Å²) in [5.41, 5.74) is 1.41. The highest BCUT2D eigenvalue weighted by Gasteiger charge is 2.18. The van der Waals surface area contributed by atoms with Gasteiger partial charge in [0.05, 0.1) is 18.6 Å². The van der Waals surface area contributed by atoms with E-state index in [4.69, 9.17) is 0 Å². The van der Waals surface area contributed by atoms with Gasteiger partial charge in [-0.15, -0.1) is 0 Å². The number of hydrogen-bond donors (Lipinski definition) is 1. The van der Waals surface area contributed by atoms with Gasteiger partial charge < -0.3 is 4.57 Å². The summed E-state index contributed by atoms with van der Waals surface area (Å²) in [5, 5.41) is 4.25. The van der Waals surface area contributed by atoms with Crippen molar-refractivity contribution in [3.8, 4) is 0 Å². The van der Waals surface area contributed by atoms with Gasteiger partial charge in [0.25, 0.3) is 5.56 Å². The topological polar surface area (TPSA) is 125 Å². The highest BCUT2D eigenvalue weighted by molar-refractivity contribution is 7.91. The van der Waals surface area contributed by atoms with Crippen molar-refractivity contribution in [2.75, 3.05) is 5.75 Å². The molecule has 1 N–H and O–H groups in total. The number of sulfone groups is 1. The van der Waals surface area contributed by atoms with Crippen LogP contribution in [0.4, 0.5) is 0 Å². The Morgan fingerprint density at radius 3 is 2.39 bits per heavy atom. The fourth-order valence-corrected chi connectivity index (χ4v) is 4.83. The number of nitrogens with zero attached hydrogens (tertiary/aromatic N) is 5. The maximum Gasteiger partial charge on any atom is 0.330 e. The van der Waals surface area contributed by atoms with Gasteiger partial charge in [-0.2, -0.15) is 5.10 Å². The minimum Gasteiger partial charge on any atom is -0.325 e. The highest BCUT2D eigenvalue weighted by atomic mass is 32.2. The molecule has 33 heavy (non-hydrogen) atoms. The summed E-state index contributed by atoms with van der Waals surface area (Å²) in [6.45, 7) is 6.56. The lowest BCUT2D eigenvalue weighted by molar-refractivity contribution is 0.516. The van der Waals surface area contributed by atoms with Crippen LogP contribution in [0.5, 0.6) is 0 Å². The average molecular weight is 471 g/mol. The lowest BCUT2D eigenvalue weighted by Gasteiger charge is -2.08. The van der Waals surface area contributed by atoms with Crippen LogP contribution in [0.3, 0.4) is 0 Å². The first-order valence-corrected chi connectivity index (χ1v) is 12.4. The predicted octanol–water partition coefficient (Wildman–Crippen LogP) is 1.75. The number of hydrogen-bond acceptors (Lipinski definition) is 6. The van der Waals surface area contributed by atoms with Crippen LogP contribution in [-0.2, 0) is 29.3 Å². The Morgan fingerprint density at radius 1 is 1.06 bits per heavy atom. The zero-order chi connectivity index (χ0) is 23.8. The first-order valence-electron chi connectivity index (χ1n) is 10.7. The van der Waals surface area contributed by atoms with Crippen molar-refractivity contribution in [1.29, 1.82) is 0 Å². The monoisotopic (exact) mass is 470 g/mol. The molecule has 0 amide bonds. The standard InChI is InChI=1S/C22H26N6O4S/c1-4-26-14-23-20-19(26)21(29)24-22(30)27(20)13-17-7-5-16(6-8-17)10-12-33(31,32)18-9-11-28(25-18)15(2)3/h5-9,11,14-15H,4,10,12-13H2,1-3H3,(H,24,29,30). The van der Waals surface area contributed by atoms with Gasteiger partial charge in [0.1, 0.15) is 0 Å². The molecule has 0 atom stereocenters. The second-order valence-electron chi connectivity index (χ2n) is 8.16. The van der Waals surface area contributed by atoms with Gasteiger partial charge in [-0.3, -0.25) is 19.0 Å². The van der Waals surface area contributed by atoms with Crippen LogP contribution in [0.2, 0.25) is 0 Å². The summed E-state index contributed by atoms with van der Waals surface area (Å²) in [4.78, 5) is 31.2. The van der Waals surface area contributed by atoms with Gasteiger partial charge in [-0.05, 0) is 44.4 Å². The van der Waals surface area contributed by atoms with Crippen molar-refractivity contribution in [3.05, 3.63) is 74.8 Å². The molecule has 4 aromatic rings. The van der Waals surface area contributed by atoms with E-state index in [0.717, 1.165) is 11.1 Å². The normalized spacial score (nSPS) is 12.1. The fourth-order valence-electron chi connectivity index (χ4n) is 3.63. The summed E-state index contributed by atoms with van der Waals surface area (Å²) >= 11 is 0. The summed E-state index contributed by atoms with van der Waals surface area (Å²) < 4.78 is 30.0. The van der Waals surface area contributed by atoms with Crippen LogP contribution in [0.1, 0.15) is 37.9 Å². The van der Waals surface area contributed by atoms with Crippen molar-refractivity contribution >= 4 is 21.0 Å². The lowest BCUT2D eigenvalue weighted by Crippen LogP contribution is -2.31. The van der Waals surface area contributed by atoms with Gasteiger partial charge in [0.2, 0.25) is 0 Å². The fraction of sp³-hybridized carbons (Fsp3) is 0.364. The molecular formula is C22H26N6O4S. The number of rotatable bonds is 8. The van der Waals surface area contributed by atoms with Gasteiger partial charge in [0.15, 0.2) is 26.0 Å². The van der Waals surface area contributed by atoms with Crippen molar-refractivity contribution < 1.29 is 8.42 Å². The summed E-state index contributed by atoms with van der Waals surface area (Å²) in [6, 6.07) is 8.99. The largest absolute Gasteiger partial charge is 0.330 e. The molecule has 4 rings (SSSR count). The number of nitrogens with one attached hydrogen (secondary N) is 1. The van der Waals surface area contributed by atoms with Gasteiger partial charge in [-0.1, -0.05) is 24.3 Å². The molecule has 0 saturated heterocycles. The van der Waals surface area contributed by atoms with Crippen LogP contribution in [-0.4, -0.2) is 43.1 Å². The Balaban J connectivity index is 1.50. The van der Waals surface area contributed by atoms with E-state index in [0.29, 0.717) is 24.1 Å². The van der Waals surface area contributed by atoms with Gasteiger partial charge >= 0.3 is 5.69 Å². The molecule has 3 aromatic heterocycles. The Labute approximate surface area is 190 Å². The Hall–Kier alpha value is -3.47. The molecule has 0 spiro atoms. The second-order valence-corrected chi connectivity index (χ2v) is 10.2. The van der Waals surface area contributed by atoms with Crippen LogP contribution < -0.4 is 11.2 Å². The Bertz CT molecular complexity index is 1510. The van der Waals surface area contributed by atoms with E-state index in [2.05, 4.69) is 15.1 Å². The molecule has 0 radical (unpaired) electrons. The van der Waals surface area contributed by atoms with Gasteiger partial charge in [-0.25, -0.2) is 18.2 Å². The Morgan fingerprint density at radius 2 is 1.76 bits per heavy atom. The molecule has 174 valence electrons. The number of aryl methyl sites for hydroxylation is 2. The van der Waals surface area contributed by atoms with Crippen LogP contribution in [0.25, 0.3) is 11.2 Å². The molecule has 0 saturated carbocycles. The van der Waals surface area contributed by atoms with E-state index in [-0.39, 0.29) is 23.4 Å². The van der Waals surface area contributed by atoms with Crippen molar-refractivity contribution in [2.24, 2.45) is 0 Å². The highest BCUT2D eigenvalue weighted by Crippen LogP contribution is 2.15. The second kappa shape index (κ2) is 8.81. The molecule has 11 heteroatoms. The summed E-state index contributed by atoms with van der Waals surface area (Å²) in [5.74, 6) is -0.0457. The zero-order valence-electron chi connectivity index (χ0n) is 18.7. The zero-order valence-corrected chi connectivity index (χ0v) is 19.5. The minimum absolute atomic E-state index is 0.0457. The molecule has 10 nitrogen and oxygen atoms in total. The third-order valence-electron chi connectivity index (χ3n) is 5.55. The summed E-state index contributed by atoms with van der Waals surface area (Å²) in [7, 11) is -3.49. The minimum atomic E-state index is -3.49. The van der Waals surface area contributed by atoms with E-state index in [1.807, 2.05) is 45.0 Å². The van der Waals surface area contributed by atoms with Crippen molar-refractivity contribution in [2.45, 2.75) is 51.3 Å². The lowest BCUT2D eigenvalue weighted by atomic mass is 10.1. The number of benzene rings is 1. The average Bonchev–Trinajstić information content (AvgIpc) is 3.44. The SMILES string of the molecule is CCn1cnc2c1c(=O)[nH]c(=O)n2Cc1ccc(CCS(=O)(=O)c2ccn(C(C)C)n2)cc1. The molecule has 3 heterocycles. The van der Waals surface area contributed by atoms with E-state index in [9.17, 15) is 18.0 Å². The maximum atomic E-state index is 12.6. The van der Waals surface area contributed by atoms with Crippen molar-refractivity contribution in [1.82, 2.24) is 28.9 Å². The number of aromatic amines is 1. The number of imidazole rings is 1. The van der Waals surface area contributed by atoms with Crippen LogP contribution >= 0.6 is 0 Å². The smallest absolute Gasteiger partial charge is 0.325 e. The number of fused-ring (bicyclic) bond motifs is 1. The first kappa shape index (κ1) is 22.7. The van der Waals surface area contributed by atoms with Gasteiger partial charge in [0, 0.05) is 18.8 Å². The maximum absolute atomic E-state index is 12.6. The molecule has 0 aliphatic carbocycles. The number of H-pyrrole nitrogens is 1. The molecule has 0 aliphatic rings. The van der Waals surface area contributed by atoms with E-state index in [1.165, 1.54) is 10.6 Å². The van der Waals surface area contributed by atoms with E-state index >= 15 is 0 Å². The molecule has 1 aromatic carbocycles. The third kappa shape index (κ3) is 4.54.